The molecule has 0 radical (unpaired) electrons. The van der Waals surface area contributed by atoms with Crippen LogP contribution in [0.4, 0.5) is 0 Å². The van der Waals surface area contributed by atoms with Crippen LogP contribution in [0.3, 0.4) is 0 Å². The van der Waals surface area contributed by atoms with E-state index in [1.165, 1.54) is 0 Å². The number of hydrogen-bond acceptors (Lipinski definition) is 3. The third-order valence-corrected chi connectivity index (χ3v) is 3.16. The highest BCUT2D eigenvalue weighted by Gasteiger charge is 2.22. The normalized spacial score (nSPS) is 14.4. The van der Waals surface area contributed by atoms with Crippen molar-refractivity contribution in [2.24, 2.45) is 22.2 Å². The van der Waals surface area contributed by atoms with Crippen LogP contribution in [0.2, 0.25) is 0 Å². The van der Waals surface area contributed by atoms with Crippen LogP contribution in [-0.2, 0) is 4.79 Å². The van der Waals surface area contributed by atoms with E-state index in [9.17, 15) is 4.79 Å². The van der Waals surface area contributed by atoms with E-state index < -0.39 is 0 Å². The lowest BCUT2D eigenvalue weighted by Gasteiger charge is -2.29. The van der Waals surface area contributed by atoms with Gasteiger partial charge < -0.3 is 15.8 Å². The zero-order chi connectivity index (χ0) is 15.9. The minimum atomic E-state index is 0.121. The second-order valence-electron chi connectivity index (χ2n) is 7.10. The maximum Gasteiger partial charge on any atom is 0.223 e. The smallest absolute Gasteiger partial charge is 0.223 e. The van der Waals surface area contributed by atoms with E-state index in [4.69, 9.17) is 10.9 Å². The summed E-state index contributed by atoms with van der Waals surface area (Å²) in [6.07, 6.45) is 1.96. The van der Waals surface area contributed by atoms with Crippen molar-refractivity contribution in [1.82, 2.24) is 4.90 Å². The van der Waals surface area contributed by atoms with Gasteiger partial charge in [-0.15, -0.1) is 0 Å². The molecule has 118 valence electrons. The molecule has 5 nitrogen and oxygen atoms in total. The predicted molar refractivity (Wildman–Crippen MR) is 82.7 cm³/mol. The second kappa shape index (κ2) is 8.12. The third kappa shape index (κ3) is 8.02. The number of carbonyl (C=O) groups excluding carboxylic acids is 1. The van der Waals surface area contributed by atoms with Gasteiger partial charge in [-0.05, 0) is 31.6 Å². The largest absolute Gasteiger partial charge is 0.409 e. The van der Waals surface area contributed by atoms with Crippen molar-refractivity contribution < 1.29 is 10.0 Å². The zero-order valence-electron chi connectivity index (χ0n) is 13.8. The molecule has 0 aromatic rings. The van der Waals surface area contributed by atoms with Gasteiger partial charge in [-0.2, -0.15) is 0 Å². The monoisotopic (exact) mass is 285 g/mol. The Morgan fingerprint density at radius 2 is 1.85 bits per heavy atom. The lowest BCUT2D eigenvalue weighted by atomic mass is 9.84. The molecule has 1 amide bonds. The number of rotatable bonds is 7. The number of hydrogen-bond donors (Lipinski definition) is 2. The van der Waals surface area contributed by atoms with Crippen molar-refractivity contribution in [2.45, 2.75) is 66.8 Å². The Kier molecular flexibility index (Phi) is 7.61. The molecular formula is C15H31N3O2. The summed E-state index contributed by atoms with van der Waals surface area (Å²) in [5.41, 5.74) is 5.70. The molecule has 0 aliphatic carbocycles. The standard InChI is InChI=1S/C15H31N3O2/c1-11(2)18(8-7-13(16)17-20)14(19)9-12(3)10-15(4,5)6/h11-12,20H,7-10H2,1-6H3,(H2,16,17). The van der Waals surface area contributed by atoms with Gasteiger partial charge in [0.1, 0.15) is 5.84 Å². The summed E-state index contributed by atoms with van der Waals surface area (Å²) in [4.78, 5) is 14.2. The first-order valence-electron chi connectivity index (χ1n) is 7.32. The van der Waals surface area contributed by atoms with E-state index in [1.807, 2.05) is 13.8 Å². The van der Waals surface area contributed by atoms with Crippen molar-refractivity contribution in [3.05, 3.63) is 0 Å². The lowest BCUT2D eigenvalue weighted by molar-refractivity contribution is -0.133. The molecule has 1 atom stereocenters. The zero-order valence-corrected chi connectivity index (χ0v) is 13.8. The maximum atomic E-state index is 12.4. The highest BCUT2D eigenvalue weighted by atomic mass is 16.4. The minimum Gasteiger partial charge on any atom is -0.409 e. The van der Waals surface area contributed by atoms with Crippen molar-refractivity contribution >= 4 is 11.7 Å². The van der Waals surface area contributed by atoms with Crippen LogP contribution in [0, 0.1) is 11.3 Å². The van der Waals surface area contributed by atoms with E-state index in [0.717, 1.165) is 6.42 Å². The summed E-state index contributed by atoms with van der Waals surface area (Å²) >= 11 is 0. The van der Waals surface area contributed by atoms with Gasteiger partial charge in [-0.25, -0.2) is 0 Å². The topological polar surface area (TPSA) is 78.9 Å². The average Bonchev–Trinajstić information content (AvgIpc) is 2.25. The molecule has 1 unspecified atom stereocenters. The summed E-state index contributed by atoms with van der Waals surface area (Å²) in [5, 5.41) is 11.5. The predicted octanol–water partition coefficient (Wildman–Crippen LogP) is 2.82. The Morgan fingerprint density at radius 3 is 2.25 bits per heavy atom. The molecule has 0 saturated heterocycles. The Hall–Kier alpha value is -1.26. The molecule has 0 heterocycles. The number of amidine groups is 1. The van der Waals surface area contributed by atoms with E-state index >= 15 is 0 Å². The van der Waals surface area contributed by atoms with Crippen LogP contribution in [0.1, 0.15) is 60.8 Å². The van der Waals surface area contributed by atoms with Crippen molar-refractivity contribution in [2.75, 3.05) is 6.54 Å². The minimum absolute atomic E-state index is 0.121. The van der Waals surface area contributed by atoms with E-state index in [2.05, 4.69) is 32.9 Å². The summed E-state index contributed by atoms with van der Waals surface area (Å²) in [6, 6.07) is 0.121. The summed E-state index contributed by atoms with van der Waals surface area (Å²) in [7, 11) is 0. The summed E-state index contributed by atoms with van der Waals surface area (Å²) in [5.74, 6) is 0.654. The van der Waals surface area contributed by atoms with E-state index in [1.54, 1.807) is 4.90 Å². The molecule has 0 aromatic heterocycles. The molecule has 0 fully saturated rings. The van der Waals surface area contributed by atoms with Gasteiger partial charge in [-0.1, -0.05) is 32.9 Å². The lowest BCUT2D eigenvalue weighted by Crippen LogP contribution is -2.40. The number of nitrogens with zero attached hydrogens (tertiary/aromatic N) is 2. The van der Waals surface area contributed by atoms with Gasteiger partial charge in [0, 0.05) is 25.4 Å². The number of amides is 1. The van der Waals surface area contributed by atoms with Crippen LogP contribution < -0.4 is 5.73 Å². The molecule has 0 aliphatic rings. The molecule has 0 bridgehead atoms. The van der Waals surface area contributed by atoms with Gasteiger partial charge in [0.15, 0.2) is 0 Å². The fraction of sp³-hybridized carbons (Fsp3) is 0.867. The first-order valence-corrected chi connectivity index (χ1v) is 7.32. The molecule has 0 spiro atoms. The Morgan fingerprint density at radius 1 is 1.30 bits per heavy atom. The number of oxime groups is 1. The van der Waals surface area contributed by atoms with Crippen LogP contribution in [0.5, 0.6) is 0 Å². The van der Waals surface area contributed by atoms with Crippen molar-refractivity contribution in [1.29, 1.82) is 0 Å². The Balaban J connectivity index is 4.50. The second-order valence-corrected chi connectivity index (χ2v) is 7.10. The van der Waals surface area contributed by atoms with Gasteiger partial charge >= 0.3 is 0 Å². The van der Waals surface area contributed by atoms with Crippen molar-refractivity contribution in [3.8, 4) is 0 Å². The highest BCUT2D eigenvalue weighted by molar-refractivity contribution is 5.81. The van der Waals surface area contributed by atoms with Crippen LogP contribution in [0.25, 0.3) is 0 Å². The molecule has 0 saturated carbocycles. The third-order valence-electron chi connectivity index (χ3n) is 3.16. The molecule has 20 heavy (non-hydrogen) atoms. The first kappa shape index (κ1) is 18.7. The SMILES string of the molecule is CC(CC(=O)N(CCC(N)=NO)C(C)C)CC(C)(C)C. The summed E-state index contributed by atoms with van der Waals surface area (Å²) < 4.78 is 0. The Labute approximate surface area is 123 Å². The summed E-state index contributed by atoms with van der Waals surface area (Å²) in [6.45, 7) is 13.1. The van der Waals surface area contributed by atoms with Gasteiger partial charge in [-0.3, -0.25) is 4.79 Å². The molecular weight excluding hydrogens is 254 g/mol. The maximum absolute atomic E-state index is 12.4. The Bertz CT molecular complexity index is 333. The van der Waals surface area contributed by atoms with E-state index in [0.29, 0.717) is 25.3 Å². The molecule has 5 heteroatoms. The number of nitrogens with two attached hydrogens (primary N) is 1. The van der Waals surface area contributed by atoms with Gasteiger partial charge in [0.2, 0.25) is 5.91 Å². The first-order chi connectivity index (χ1) is 9.06. The molecule has 0 aromatic carbocycles. The highest BCUT2D eigenvalue weighted by Crippen LogP contribution is 2.26. The molecule has 3 N–H and O–H groups in total. The van der Waals surface area contributed by atoms with Crippen molar-refractivity contribution in [3.63, 3.8) is 0 Å². The molecule has 0 rings (SSSR count). The fourth-order valence-corrected chi connectivity index (χ4v) is 2.49. The van der Waals surface area contributed by atoms with Crippen LogP contribution in [-0.4, -0.2) is 34.4 Å². The molecule has 0 aliphatic heterocycles. The fourth-order valence-electron chi connectivity index (χ4n) is 2.49. The van der Waals surface area contributed by atoms with Gasteiger partial charge in [0.25, 0.3) is 0 Å². The van der Waals surface area contributed by atoms with Crippen LogP contribution >= 0.6 is 0 Å². The average molecular weight is 285 g/mol. The van der Waals surface area contributed by atoms with E-state index in [-0.39, 0.29) is 23.2 Å². The number of carbonyl (C=O) groups is 1. The van der Waals surface area contributed by atoms with Crippen LogP contribution in [0.15, 0.2) is 5.16 Å². The van der Waals surface area contributed by atoms with Gasteiger partial charge in [0.05, 0.1) is 0 Å². The quantitative estimate of drug-likeness (QED) is 0.327.